The van der Waals surface area contributed by atoms with Gasteiger partial charge in [0.05, 0.1) is 25.3 Å². The molecule has 7 nitrogen and oxygen atoms in total. The van der Waals surface area contributed by atoms with E-state index in [1.807, 2.05) is 18.2 Å². The highest BCUT2D eigenvalue weighted by molar-refractivity contribution is 5.71. The van der Waals surface area contributed by atoms with Gasteiger partial charge in [0.15, 0.2) is 0 Å². The molecule has 3 atom stereocenters. The topological polar surface area (TPSA) is 92.1 Å². The number of aliphatic hydroxyl groups is 1. The average Bonchev–Trinajstić information content (AvgIpc) is 3.55. The van der Waals surface area contributed by atoms with Gasteiger partial charge < -0.3 is 19.7 Å². The zero-order valence-electron chi connectivity index (χ0n) is 22.8. The predicted octanol–water partition coefficient (Wildman–Crippen LogP) is 5.84. The van der Waals surface area contributed by atoms with Crippen molar-refractivity contribution < 1.29 is 28.9 Å². The van der Waals surface area contributed by atoms with Gasteiger partial charge in [-0.3, -0.25) is 9.69 Å². The summed E-state index contributed by atoms with van der Waals surface area (Å²) < 4.78 is 26.8. The Morgan fingerprint density at radius 3 is 2.55 bits per heavy atom. The Kier molecular flexibility index (Phi) is 7.23. The summed E-state index contributed by atoms with van der Waals surface area (Å²) in [5.74, 6) is -1.33. The van der Waals surface area contributed by atoms with Crippen LogP contribution in [0.25, 0.3) is 11.1 Å². The van der Waals surface area contributed by atoms with E-state index in [9.17, 15) is 15.0 Å². The quantitative estimate of drug-likeness (QED) is 0.367. The molecule has 210 valence electrons. The minimum absolute atomic E-state index is 0.211. The Labute approximate surface area is 233 Å². The van der Waals surface area contributed by atoms with Gasteiger partial charge in [-0.15, -0.1) is 0 Å². The van der Waals surface area contributed by atoms with Crippen LogP contribution in [0.4, 0.5) is 4.39 Å². The van der Waals surface area contributed by atoms with Gasteiger partial charge in [0, 0.05) is 30.3 Å². The molecule has 0 spiro atoms. The number of fused-ring (bicyclic) bond motifs is 3. The molecule has 2 fully saturated rings. The number of rotatable bonds is 8. The number of nitrogens with zero attached hydrogens (tertiary/aromatic N) is 2. The lowest BCUT2D eigenvalue weighted by atomic mass is 9.91. The number of methoxy groups -OCH3 is 1. The molecule has 1 unspecified atom stereocenters. The molecule has 6 rings (SSSR count). The fourth-order valence-corrected chi connectivity index (χ4v) is 6.65. The first-order valence-electron chi connectivity index (χ1n) is 14.1. The van der Waals surface area contributed by atoms with Crippen LogP contribution < -0.4 is 9.47 Å². The SMILES string of the molecule is COc1cc(-c2ccc(C3CCc4ccc([C@H](O)[C@H](C)C(=O)O)cc4O3)cc2CN2C3CCC2CC3)c(F)cn1. The molecule has 4 heterocycles. The first-order valence-corrected chi connectivity index (χ1v) is 14.1. The molecule has 2 saturated heterocycles. The van der Waals surface area contributed by atoms with Crippen LogP contribution in [-0.2, 0) is 17.8 Å². The van der Waals surface area contributed by atoms with E-state index in [2.05, 4.69) is 16.0 Å². The first kappa shape index (κ1) is 26.7. The van der Waals surface area contributed by atoms with Gasteiger partial charge in [-0.1, -0.05) is 30.3 Å². The maximum absolute atomic E-state index is 15.1. The molecule has 0 aliphatic carbocycles. The van der Waals surface area contributed by atoms with Gasteiger partial charge in [0.25, 0.3) is 0 Å². The zero-order chi connectivity index (χ0) is 28.0. The Bertz CT molecular complexity index is 1410. The number of pyridine rings is 1. The molecule has 0 radical (unpaired) electrons. The zero-order valence-corrected chi connectivity index (χ0v) is 22.8. The largest absolute Gasteiger partial charge is 0.485 e. The summed E-state index contributed by atoms with van der Waals surface area (Å²) in [5.41, 5.74) is 4.93. The second-order valence-electron chi connectivity index (χ2n) is 11.3. The molecule has 2 aromatic carbocycles. The van der Waals surface area contributed by atoms with Crippen molar-refractivity contribution in [3.05, 3.63) is 76.7 Å². The van der Waals surface area contributed by atoms with Crippen molar-refractivity contribution in [1.29, 1.82) is 0 Å². The van der Waals surface area contributed by atoms with Gasteiger partial charge in [-0.05, 0) is 79.3 Å². The highest BCUT2D eigenvalue weighted by Gasteiger charge is 2.39. The van der Waals surface area contributed by atoms with Gasteiger partial charge in [-0.25, -0.2) is 9.37 Å². The Morgan fingerprint density at radius 1 is 1.10 bits per heavy atom. The molecular weight excluding hydrogens is 511 g/mol. The van der Waals surface area contributed by atoms with Crippen molar-refractivity contribution in [3.63, 3.8) is 0 Å². The molecule has 1 aromatic heterocycles. The summed E-state index contributed by atoms with van der Waals surface area (Å²) in [6.45, 7) is 2.24. The lowest BCUT2D eigenvalue weighted by Crippen LogP contribution is -2.28. The molecule has 0 saturated carbocycles. The van der Waals surface area contributed by atoms with Gasteiger partial charge >= 0.3 is 5.97 Å². The van der Waals surface area contributed by atoms with Crippen LogP contribution in [0.3, 0.4) is 0 Å². The highest BCUT2D eigenvalue weighted by atomic mass is 19.1. The normalized spacial score (nSPS) is 23.4. The molecule has 8 heteroatoms. The maximum Gasteiger partial charge on any atom is 0.309 e. The summed E-state index contributed by atoms with van der Waals surface area (Å²) in [7, 11) is 1.53. The van der Waals surface area contributed by atoms with Crippen LogP contribution in [0.2, 0.25) is 0 Å². The third-order valence-electron chi connectivity index (χ3n) is 9.03. The molecular formula is C32H35FN2O5. The molecule has 2 bridgehead atoms. The highest BCUT2D eigenvalue weighted by Crippen LogP contribution is 2.42. The van der Waals surface area contributed by atoms with E-state index in [0.717, 1.165) is 41.6 Å². The van der Waals surface area contributed by atoms with Gasteiger partial charge in [0.1, 0.15) is 17.7 Å². The smallest absolute Gasteiger partial charge is 0.309 e. The summed E-state index contributed by atoms with van der Waals surface area (Å²) in [6, 6.07) is 14.4. The molecule has 40 heavy (non-hydrogen) atoms. The average molecular weight is 547 g/mol. The van der Waals surface area contributed by atoms with Crippen LogP contribution in [0.15, 0.2) is 48.7 Å². The van der Waals surface area contributed by atoms with Crippen molar-refractivity contribution in [2.75, 3.05) is 7.11 Å². The molecule has 2 N–H and O–H groups in total. The number of aryl methyl sites for hydroxylation is 1. The van der Waals surface area contributed by atoms with Crippen molar-refractivity contribution in [3.8, 4) is 22.8 Å². The van der Waals surface area contributed by atoms with E-state index in [0.29, 0.717) is 34.8 Å². The van der Waals surface area contributed by atoms with Gasteiger partial charge in [-0.2, -0.15) is 0 Å². The number of hydrogen-bond donors (Lipinski definition) is 2. The first-order chi connectivity index (χ1) is 19.3. The maximum atomic E-state index is 15.1. The predicted molar refractivity (Wildman–Crippen MR) is 148 cm³/mol. The minimum atomic E-state index is -1.12. The van der Waals surface area contributed by atoms with Crippen LogP contribution in [0.5, 0.6) is 11.6 Å². The van der Waals surface area contributed by atoms with Crippen molar-refractivity contribution >= 4 is 5.97 Å². The van der Waals surface area contributed by atoms with Crippen LogP contribution >= 0.6 is 0 Å². The fraction of sp³-hybridized carbons (Fsp3) is 0.438. The number of carboxylic acids is 1. The van der Waals surface area contributed by atoms with E-state index in [1.165, 1.54) is 45.9 Å². The number of benzene rings is 2. The van der Waals surface area contributed by atoms with Crippen LogP contribution in [0, 0.1) is 11.7 Å². The third-order valence-corrected chi connectivity index (χ3v) is 9.03. The van der Waals surface area contributed by atoms with E-state index >= 15 is 4.39 Å². The molecule has 3 aromatic rings. The van der Waals surface area contributed by atoms with E-state index in [-0.39, 0.29) is 11.9 Å². The molecule has 0 amide bonds. The number of hydrogen-bond acceptors (Lipinski definition) is 6. The second-order valence-corrected chi connectivity index (χ2v) is 11.3. The summed E-state index contributed by atoms with van der Waals surface area (Å²) in [4.78, 5) is 18.0. The minimum Gasteiger partial charge on any atom is -0.485 e. The number of ether oxygens (including phenoxy) is 2. The Hall–Kier alpha value is -3.49. The number of aliphatic carboxylic acids is 1. The van der Waals surface area contributed by atoms with Crippen molar-refractivity contribution in [1.82, 2.24) is 9.88 Å². The number of aliphatic hydroxyl groups excluding tert-OH is 1. The lowest BCUT2D eigenvalue weighted by Gasteiger charge is -2.29. The fourth-order valence-electron chi connectivity index (χ4n) is 6.65. The second kappa shape index (κ2) is 10.8. The van der Waals surface area contributed by atoms with Crippen LogP contribution in [-0.4, -0.2) is 45.3 Å². The number of aromatic nitrogens is 1. The van der Waals surface area contributed by atoms with E-state index in [1.54, 1.807) is 18.2 Å². The summed E-state index contributed by atoms with van der Waals surface area (Å²) in [5, 5.41) is 19.9. The Morgan fingerprint density at radius 2 is 1.85 bits per heavy atom. The summed E-state index contributed by atoms with van der Waals surface area (Å²) >= 11 is 0. The van der Waals surface area contributed by atoms with Gasteiger partial charge in [0.2, 0.25) is 5.88 Å². The summed E-state index contributed by atoms with van der Waals surface area (Å²) in [6.07, 6.45) is 6.33. The Balaban J connectivity index is 1.33. The van der Waals surface area contributed by atoms with E-state index in [4.69, 9.17) is 9.47 Å². The molecule has 3 aliphatic heterocycles. The van der Waals surface area contributed by atoms with Crippen molar-refractivity contribution in [2.24, 2.45) is 5.92 Å². The third kappa shape index (κ3) is 4.95. The van der Waals surface area contributed by atoms with Crippen LogP contribution in [0.1, 0.15) is 73.5 Å². The standard InChI is InChI=1S/C32H35FN2O5/c1-18(32(37)38)31(36)21-4-3-19-6-12-28(40-29(19)14-21)20-5-11-25(26-15-30(39-2)34-16-27(26)33)22(13-20)17-35-23-7-8-24(35)10-9-23/h3-5,11,13-16,18,23-24,28,31,36H,6-10,12,17H2,1-2H3,(H,37,38)/t18-,23?,24?,28?,31+/m0/s1. The molecule has 3 aliphatic rings. The van der Waals surface area contributed by atoms with Crippen molar-refractivity contribution in [2.45, 2.75) is 76.3 Å². The van der Waals surface area contributed by atoms with E-state index < -0.39 is 18.0 Å². The number of halogens is 1. The number of carboxylic acid groups (broad SMARTS) is 1. The number of carbonyl (C=O) groups is 1. The monoisotopic (exact) mass is 546 g/mol. The lowest BCUT2D eigenvalue weighted by molar-refractivity contribution is -0.145.